The number of hydrogen-bond donors (Lipinski definition) is 0. The molecule has 6 nitrogen and oxygen atoms in total. The molecule has 2 heterocycles. The highest BCUT2D eigenvalue weighted by Gasteiger charge is 2.34. The van der Waals surface area contributed by atoms with Crippen LogP contribution in [0.15, 0.2) is 77.9 Å². The van der Waals surface area contributed by atoms with Gasteiger partial charge in [-0.25, -0.2) is 5.01 Å². The molecule has 1 saturated heterocycles. The second-order valence-electron chi connectivity index (χ2n) is 9.11. The summed E-state index contributed by atoms with van der Waals surface area (Å²) in [5.41, 5.74) is 3.09. The third kappa shape index (κ3) is 4.73. The first-order chi connectivity index (χ1) is 16.6. The normalized spacial score (nSPS) is 19.2. The quantitative estimate of drug-likeness (QED) is 0.597. The number of hydrazone groups is 1. The summed E-state index contributed by atoms with van der Waals surface area (Å²) in [4.78, 5) is 29.3. The maximum atomic E-state index is 13.5. The van der Waals surface area contributed by atoms with Crippen molar-refractivity contribution >= 4 is 28.3 Å². The zero-order chi connectivity index (χ0) is 23.5. The SMILES string of the molecule is CC(=O)N1CCCN(CC(=O)N2N=C(c3ccc4ccccc4c3)C[C@@H]2c2ccccc2)CC1. The minimum absolute atomic E-state index is 0.000849. The molecule has 0 radical (unpaired) electrons. The number of fused-ring (bicyclic) bond motifs is 1. The van der Waals surface area contributed by atoms with Gasteiger partial charge in [0.2, 0.25) is 5.91 Å². The van der Waals surface area contributed by atoms with Gasteiger partial charge >= 0.3 is 0 Å². The molecule has 0 saturated carbocycles. The molecule has 0 N–H and O–H groups in total. The smallest absolute Gasteiger partial charge is 0.257 e. The monoisotopic (exact) mass is 454 g/mol. The van der Waals surface area contributed by atoms with E-state index >= 15 is 0 Å². The first-order valence-corrected chi connectivity index (χ1v) is 12.0. The zero-order valence-corrected chi connectivity index (χ0v) is 19.6. The molecule has 0 spiro atoms. The molecule has 0 aliphatic carbocycles. The van der Waals surface area contributed by atoms with Gasteiger partial charge in [-0.3, -0.25) is 14.5 Å². The molecule has 0 unspecified atom stereocenters. The standard InChI is InChI=1S/C28H30N4O2/c1-21(33)31-15-7-14-30(16-17-31)20-28(34)32-27(23-9-3-2-4-10-23)19-26(29-32)25-13-12-22-8-5-6-11-24(22)18-25/h2-6,8-13,18,27H,7,14-17,19-20H2,1H3/t27-/m1/s1. The van der Waals surface area contributed by atoms with E-state index in [0.29, 0.717) is 26.1 Å². The van der Waals surface area contributed by atoms with Crippen molar-refractivity contribution in [2.24, 2.45) is 5.10 Å². The Balaban J connectivity index is 1.39. The number of carbonyl (C=O) groups excluding carboxylic acids is 2. The summed E-state index contributed by atoms with van der Waals surface area (Å²) in [6.45, 7) is 4.84. The summed E-state index contributed by atoms with van der Waals surface area (Å²) >= 11 is 0. The Hall–Kier alpha value is -3.51. The van der Waals surface area contributed by atoms with Gasteiger partial charge in [-0.15, -0.1) is 0 Å². The van der Waals surface area contributed by atoms with E-state index in [0.717, 1.165) is 36.3 Å². The second kappa shape index (κ2) is 9.77. The molecule has 1 fully saturated rings. The fourth-order valence-electron chi connectivity index (χ4n) is 4.93. The summed E-state index contributed by atoms with van der Waals surface area (Å²) in [6, 6.07) is 24.7. The molecule has 3 aromatic carbocycles. The van der Waals surface area contributed by atoms with Gasteiger partial charge in [0.05, 0.1) is 18.3 Å². The molecule has 0 bridgehead atoms. The average molecular weight is 455 g/mol. The summed E-state index contributed by atoms with van der Waals surface area (Å²) in [6.07, 6.45) is 1.56. The largest absolute Gasteiger partial charge is 0.342 e. The van der Waals surface area contributed by atoms with Gasteiger partial charge in [0.1, 0.15) is 0 Å². The third-order valence-corrected chi connectivity index (χ3v) is 6.83. The molecule has 6 heteroatoms. The Kier molecular flexibility index (Phi) is 6.41. The highest BCUT2D eigenvalue weighted by molar-refractivity contribution is 6.05. The number of benzene rings is 3. The topological polar surface area (TPSA) is 56.2 Å². The van der Waals surface area contributed by atoms with Crippen LogP contribution in [-0.2, 0) is 9.59 Å². The van der Waals surface area contributed by atoms with Crippen molar-refractivity contribution < 1.29 is 9.59 Å². The third-order valence-electron chi connectivity index (χ3n) is 6.83. The van der Waals surface area contributed by atoms with E-state index in [1.807, 2.05) is 35.2 Å². The van der Waals surface area contributed by atoms with Gasteiger partial charge < -0.3 is 4.90 Å². The highest BCUT2D eigenvalue weighted by atomic mass is 16.2. The first-order valence-electron chi connectivity index (χ1n) is 12.0. The van der Waals surface area contributed by atoms with Crippen LogP contribution in [0.25, 0.3) is 10.8 Å². The molecule has 2 aliphatic heterocycles. The maximum Gasteiger partial charge on any atom is 0.257 e. The van der Waals surface area contributed by atoms with E-state index in [4.69, 9.17) is 5.10 Å². The molecule has 1 atom stereocenters. The van der Waals surface area contributed by atoms with E-state index < -0.39 is 0 Å². The van der Waals surface area contributed by atoms with Crippen molar-refractivity contribution in [1.29, 1.82) is 0 Å². The van der Waals surface area contributed by atoms with Crippen molar-refractivity contribution in [2.45, 2.75) is 25.8 Å². The Bertz CT molecular complexity index is 1220. The van der Waals surface area contributed by atoms with Crippen molar-refractivity contribution in [3.8, 4) is 0 Å². The number of carbonyl (C=O) groups is 2. The zero-order valence-electron chi connectivity index (χ0n) is 19.6. The van der Waals surface area contributed by atoms with Crippen LogP contribution in [0.4, 0.5) is 0 Å². The van der Waals surface area contributed by atoms with E-state index in [9.17, 15) is 9.59 Å². The Labute approximate surface area is 200 Å². The fraction of sp³-hybridized carbons (Fsp3) is 0.321. The van der Waals surface area contributed by atoms with Gasteiger partial charge in [-0.1, -0.05) is 66.7 Å². The van der Waals surface area contributed by atoms with Crippen LogP contribution >= 0.6 is 0 Å². The minimum atomic E-state index is -0.115. The molecule has 174 valence electrons. The minimum Gasteiger partial charge on any atom is -0.342 e. The van der Waals surface area contributed by atoms with Crippen LogP contribution in [-0.4, -0.2) is 65.1 Å². The summed E-state index contributed by atoms with van der Waals surface area (Å²) in [5.74, 6) is 0.0994. The number of nitrogens with zero attached hydrogens (tertiary/aromatic N) is 4. The molecular weight excluding hydrogens is 424 g/mol. The Morgan fingerprint density at radius 1 is 0.882 bits per heavy atom. The lowest BCUT2D eigenvalue weighted by molar-refractivity contribution is -0.134. The van der Waals surface area contributed by atoms with E-state index in [1.54, 1.807) is 11.9 Å². The van der Waals surface area contributed by atoms with Gasteiger partial charge in [0.25, 0.3) is 5.91 Å². The van der Waals surface area contributed by atoms with Crippen molar-refractivity contribution in [3.63, 3.8) is 0 Å². The van der Waals surface area contributed by atoms with Crippen LogP contribution in [0.5, 0.6) is 0 Å². The number of hydrogen-bond acceptors (Lipinski definition) is 4. The average Bonchev–Trinajstić information content (AvgIpc) is 3.18. The van der Waals surface area contributed by atoms with Crippen LogP contribution < -0.4 is 0 Å². The lowest BCUT2D eigenvalue weighted by Crippen LogP contribution is -2.40. The summed E-state index contributed by atoms with van der Waals surface area (Å²) in [7, 11) is 0. The lowest BCUT2D eigenvalue weighted by atomic mass is 9.97. The maximum absolute atomic E-state index is 13.5. The Morgan fingerprint density at radius 2 is 1.65 bits per heavy atom. The van der Waals surface area contributed by atoms with Crippen LogP contribution in [0.3, 0.4) is 0 Å². The summed E-state index contributed by atoms with van der Waals surface area (Å²) in [5, 5.41) is 8.91. The second-order valence-corrected chi connectivity index (χ2v) is 9.11. The molecular formula is C28H30N4O2. The predicted octanol–water partition coefficient (Wildman–Crippen LogP) is 4.07. The molecule has 3 aromatic rings. The molecule has 5 rings (SSSR count). The van der Waals surface area contributed by atoms with E-state index in [1.165, 1.54) is 10.8 Å². The van der Waals surface area contributed by atoms with Crippen molar-refractivity contribution in [2.75, 3.05) is 32.7 Å². The molecule has 2 aliphatic rings. The first kappa shape index (κ1) is 22.3. The molecule has 0 aromatic heterocycles. The molecule has 34 heavy (non-hydrogen) atoms. The van der Waals surface area contributed by atoms with Crippen LogP contribution in [0.1, 0.15) is 36.9 Å². The fourth-order valence-corrected chi connectivity index (χ4v) is 4.93. The van der Waals surface area contributed by atoms with E-state index in [2.05, 4.69) is 47.4 Å². The Morgan fingerprint density at radius 3 is 2.44 bits per heavy atom. The van der Waals surface area contributed by atoms with Gasteiger partial charge in [0.15, 0.2) is 0 Å². The summed E-state index contributed by atoms with van der Waals surface area (Å²) < 4.78 is 0. The lowest BCUT2D eigenvalue weighted by Gasteiger charge is -2.26. The van der Waals surface area contributed by atoms with Crippen molar-refractivity contribution in [3.05, 3.63) is 83.9 Å². The van der Waals surface area contributed by atoms with Crippen LogP contribution in [0.2, 0.25) is 0 Å². The van der Waals surface area contributed by atoms with E-state index in [-0.39, 0.29) is 17.9 Å². The number of rotatable bonds is 4. The van der Waals surface area contributed by atoms with Gasteiger partial charge in [-0.05, 0) is 34.4 Å². The molecule has 2 amide bonds. The van der Waals surface area contributed by atoms with Gasteiger partial charge in [0, 0.05) is 39.5 Å². The van der Waals surface area contributed by atoms with Crippen LogP contribution in [0, 0.1) is 0 Å². The van der Waals surface area contributed by atoms with Gasteiger partial charge in [-0.2, -0.15) is 5.10 Å². The predicted molar refractivity (Wildman–Crippen MR) is 134 cm³/mol. The highest BCUT2D eigenvalue weighted by Crippen LogP contribution is 2.33. The number of amides is 2. The van der Waals surface area contributed by atoms with Crippen molar-refractivity contribution in [1.82, 2.24) is 14.8 Å².